The molecule has 0 N–H and O–H groups in total. The third-order valence-electron chi connectivity index (χ3n) is 7.03. The van der Waals surface area contributed by atoms with Gasteiger partial charge in [-0.05, 0) is 68.3 Å². The quantitative estimate of drug-likeness (QED) is 0.214. The summed E-state index contributed by atoms with van der Waals surface area (Å²) in [6.45, 7) is 18.1. The summed E-state index contributed by atoms with van der Waals surface area (Å²) in [5.74, 6) is -0.324. The molecular formula is C31H41ClF3N3O. The normalized spacial score (nSPS) is 13.7. The summed E-state index contributed by atoms with van der Waals surface area (Å²) in [6, 6.07) is 13.9. The number of hydrogen-bond acceptors (Lipinski definition) is 4. The van der Waals surface area contributed by atoms with Crippen LogP contribution in [0.2, 0.25) is 5.02 Å². The molecule has 0 bridgehead atoms. The molecule has 0 aliphatic carbocycles. The Morgan fingerprint density at radius 2 is 1.74 bits per heavy atom. The van der Waals surface area contributed by atoms with Crippen molar-refractivity contribution in [1.29, 1.82) is 0 Å². The molecule has 4 nitrogen and oxygen atoms in total. The third-order valence-corrected chi connectivity index (χ3v) is 7.28. The average Bonchev–Trinajstić information content (AvgIpc) is 2.88. The van der Waals surface area contributed by atoms with E-state index in [-0.39, 0.29) is 17.7 Å². The maximum absolute atomic E-state index is 13.0. The van der Waals surface area contributed by atoms with Gasteiger partial charge in [0.05, 0.1) is 11.4 Å². The summed E-state index contributed by atoms with van der Waals surface area (Å²) in [6.07, 6.45) is -1.34. The highest BCUT2D eigenvalue weighted by Gasteiger charge is 2.33. The first-order chi connectivity index (χ1) is 18.3. The van der Waals surface area contributed by atoms with Gasteiger partial charge in [0.15, 0.2) is 0 Å². The molecule has 0 aromatic heterocycles. The molecule has 0 spiro atoms. The van der Waals surface area contributed by atoms with E-state index in [2.05, 4.69) is 41.5 Å². The van der Waals surface area contributed by atoms with E-state index in [1.165, 1.54) is 12.1 Å². The summed E-state index contributed by atoms with van der Waals surface area (Å²) in [4.78, 5) is 6.38. The van der Waals surface area contributed by atoms with Gasteiger partial charge in [-0.25, -0.2) is 0 Å². The van der Waals surface area contributed by atoms with E-state index in [0.29, 0.717) is 18.0 Å². The Hall–Kier alpha value is -3.06. The van der Waals surface area contributed by atoms with Crippen LogP contribution in [0.1, 0.15) is 57.6 Å². The standard InChI is InChI=1S/C31H41ClF3N3O/c1-9-19-37(8)24(6)30(23(5)36(7)11-3)38(21-25-15-17-27(32)18-16-25)22(4)29(10-2)26-13-12-14-28(20-26)39-31(33,34)35/h11-18,20,22,29H,3,6,9-10,19,21H2,1-2,4-5,7-8H3/b30-23+. The second-order valence-corrected chi connectivity index (χ2v) is 10.2. The highest BCUT2D eigenvalue weighted by atomic mass is 35.5. The molecule has 214 valence electrons. The van der Waals surface area contributed by atoms with Crippen molar-refractivity contribution in [2.24, 2.45) is 0 Å². The van der Waals surface area contributed by atoms with E-state index < -0.39 is 6.36 Å². The van der Waals surface area contributed by atoms with E-state index in [1.54, 1.807) is 12.3 Å². The van der Waals surface area contributed by atoms with Crippen LogP contribution in [-0.2, 0) is 6.54 Å². The molecular weight excluding hydrogens is 523 g/mol. The summed E-state index contributed by atoms with van der Waals surface area (Å²) < 4.78 is 43.2. The Kier molecular flexibility index (Phi) is 11.8. The number of nitrogens with zero attached hydrogens (tertiary/aromatic N) is 3. The highest BCUT2D eigenvalue weighted by molar-refractivity contribution is 6.30. The number of rotatable bonds is 14. The predicted octanol–water partition coefficient (Wildman–Crippen LogP) is 8.79. The molecule has 0 saturated heterocycles. The van der Waals surface area contributed by atoms with Crippen LogP contribution in [0, 0.1) is 0 Å². The van der Waals surface area contributed by atoms with Crippen molar-refractivity contribution in [3.8, 4) is 5.75 Å². The first kappa shape index (κ1) is 32.2. The molecule has 2 rings (SSSR count). The van der Waals surface area contributed by atoms with Gasteiger partial charge in [0.2, 0.25) is 0 Å². The van der Waals surface area contributed by atoms with E-state index in [0.717, 1.165) is 41.2 Å². The van der Waals surface area contributed by atoms with Crippen molar-refractivity contribution < 1.29 is 17.9 Å². The van der Waals surface area contributed by atoms with Crippen molar-refractivity contribution in [2.45, 2.75) is 65.4 Å². The Balaban J connectivity index is 2.68. The first-order valence-electron chi connectivity index (χ1n) is 13.2. The second-order valence-electron chi connectivity index (χ2n) is 9.73. The monoisotopic (exact) mass is 563 g/mol. The van der Waals surface area contributed by atoms with Crippen molar-refractivity contribution in [2.75, 3.05) is 20.6 Å². The first-order valence-corrected chi connectivity index (χ1v) is 13.5. The fraction of sp³-hybridized carbons (Fsp3) is 0.419. The number of allylic oxidation sites excluding steroid dienone is 1. The van der Waals surface area contributed by atoms with Crippen LogP contribution in [0.5, 0.6) is 5.75 Å². The molecule has 0 saturated carbocycles. The molecule has 0 aliphatic rings. The lowest BCUT2D eigenvalue weighted by Crippen LogP contribution is -2.40. The summed E-state index contributed by atoms with van der Waals surface area (Å²) in [5, 5.41) is 0.650. The van der Waals surface area contributed by atoms with Gasteiger partial charge in [-0.15, -0.1) is 13.2 Å². The minimum atomic E-state index is -4.75. The summed E-state index contributed by atoms with van der Waals surface area (Å²) in [5.41, 5.74) is 4.58. The zero-order valence-corrected chi connectivity index (χ0v) is 24.6. The SMILES string of the molecule is C=CN(C)/C(C)=C(\C(=C)N(C)CCC)N(Cc1ccc(Cl)cc1)C(C)C(CC)c1cccc(OC(F)(F)F)c1. The largest absolute Gasteiger partial charge is 0.573 e. The number of hydrogen-bond donors (Lipinski definition) is 0. The van der Waals surface area contributed by atoms with Crippen molar-refractivity contribution in [1.82, 2.24) is 14.7 Å². The average molecular weight is 564 g/mol. The lowest BCUT2D eigenvalue weighted by atomic mass is 9.88. The van der Waals surface area contributed by atoms with Crippen molar-refractivity contribution in [3.05, 3.63) is 101 Å². The number of alkyl halides is 3. The van der Waals surface area contributed by atoms with Crippen molar-refractivity contribution in [3.63, 3.8) is 0 Å². The van der Waals surface area contributed by atoms with Crippen LogP contribution in [-0.4, -0.2) is 47.7 Å². The zero-order chi connectivity index (χ0) is 29.3. The minimum Gasteiger partial charge on any atom is -0.406 e. The van der Waals surface area contributed by atoms with Gasteiger partial charge in [-0.2, -0.15) is 0 Å². The molecule has 2 aromatic rings. The Morgan fingerprint density at radius 1 is 1.10 bits per heavy atom. The molecule has 0 fully saturated rings. The maximum Gasteiger partial charge on any atom is 0.573 e. The van der Waals surface area contributed by atoms with Crippen molar-refractivity contribution >= 4 is 11.6 Å². The molecule has 2 atom stereocenters. The predicted molar refractivity (Wildman–Crippen MR) is 155 cm³/mol. The van der Waals surface area contributed by atoms with Gasteiger partial charge in [-0.1, -0.05) is 62.9 Å². The summed E-state index contributed by atoms with van der Waals surface area (Å²) in [7, 11) is 3.96. The van der Waals surface area contributed by atoms with E-state index in [9.17, 15) is 13.2 Å². The van der Waals surface area contributed by atoms with Gasteiger partial charge in [-0.3, -0.25) is 0 Å². The van der Waals surface area contributed by atoms with Gasteiger partial charge in [0.1, 0.15) is 5.75 Å². The number of likely N-dealkylation sites (N-methyl/N-ethyl adjacent to an activating group) is 1. The van der Waals surface area contributed by atoms with Gasteiger partial charge in [0, 0.05) is 49.9 Å². The molecule has 2 aromatic carbocycles. The number of halogens is 4. The Morgan fingerprint density at radius 3 is 2.28 bits per heavy atom. The molecule has 0 amide bonds. The van der Waals surface area contributed by atoms with Gasteiger partial charge >= 0.3 is 6.36 Å². The van der Waals surface area contributed by atoms with E-state index >= 15 is 0 Å². The third kappa shape index (κ3) is 8.99. The van der Waals surface area contributed by atoms with Crippen LogP contribution in [0.15, 0.2) is 85.0 Å². The summed E-state index contributed by atoms with van der Waals surface area (Å²) >= 11 is 6.17. The lowest BCUT2D eigenvalue weighted by Gasteiger charge is -2.42. The highest BCUT2D eigenvalue weighted by Crippen LogP contribution is 2.36. The topological polar surface area (TPSA) is 19.0 Å². The Bertz CT molecular complexity index is 1130. The molecule has 0 aliphatic heterocycles. The number of benzene rings is 2. The molecule has 8 heteroatoms. The van der Waals surface area contributed by atoms with Crippen LogP contribution in [0.25, 0.3) is 0 Å². The van der Waals surface area contributed by atoms with E-state index in [4.69, 9.17) is 11.6 Å². The maximum atomic E-state index is 13.0. The van der Waals surface area contributed by atoms with Crippen LogP contribution in [0.4, 0.5) is 13.2 Å². The van der Waals surface area contributed by atoms with Gasteiger partial charge < -0.3 is 19.4 Å². The van der Waals surface area contributed by atoms with Crippen LogP contribution in [0.3, 0.4) is 0 Å². The smallest absolute Gasteiger partial charge is 0.406 e. The van der Waals surface area contributed by atoms with Gasteiger partial charge in [0.25, 0.3) is 0 Å². The molecule has 0 radical (unpaired) electrons. The van der Waals surface area contributed by atoms with Crippen LogP contribution >= 0.6 is 11.6 Å². The van der Waals surface area contributed by atoms with E-state index in [1.807, 2.05) is 63.2 Å². The number of ether oxygens (including phenoxy) is 1. The lowest BCUT2D eigenvalue weighted by molar-refractivity contribution is -0.274. The fourth-order valence-electron chi connectivity index (χ4n) is 4.77. The molecule has 2 unspecified atom stereocenters. The second kappa shape index (κ2) is 14.4. The van der Waals surface area contributed by atoms with Crippen LogP contribution < -0.4 is 4.74 Å². The zero-order valence-electron chi connectivity index (χ0n) is 23.9. The molecule has 39 heavy (non-hydrogen) atoms. The minimum absolute atomic E-state index is 0.102. The fourth-order valence-corrected chi connectivity index (χ4v) is 4.89. The Labute approximate surface area is 237 Å². The molecule has 0 heterocycles.